The van der Waals surface area contributed by atoms with E-state index in [1.54, 1.807) is 0 Å². The number of furan rings is 2. The minimum absolute atomic E-state index is 0.883. The monoisotopic (exact) mass is 779 g/mol. The van der Waals surface area contributed by atoms with Crippen molar-refractivity contribution < 1.29 is 8.83 Å². The molecule has 0 bridgehead atoms. The second kappa shape index (κ2) is 14.3. The van der Waals surface area contributed by atoms with Crippen molar-refractivity contribution in [1.29, 1.82) is 0 Å². The first kappa shape index (κ1) is 34.9. The van der Waals surface area contributed by atoms with Gasteiger partial charge in [0.05, 0.1) is 0 Å². The third-order valence-electron chi connectivity index (χ3n) is 12.1. The molecule has 0 aliphatic heterocycles. The molecule has 0 aliphatic carbocycles. The second-order valence-electron chi connectivity index (χ2n) is 15.6. The smallest absolute Gasteiger partial charge is 0.143 e. The summed E-state index contributed by atoms with van der Waals surface area (Å²) < 4.78 is 13.1. The number of rotatable bonds is 7. The van der Waals surface area contributed by atoms with Crippen LogP contribution in [0.2, 0.25) is 0 Å². The molecule has 0 saturated heterocycles. The standard InChI is InChI=1S/C58H37NO2/c1-2-13-38(14-3-1)47-36-35-44(37-54(47)53-24-12-23-52-50-19-7-9-26-56(50)61-58(52)53)59(42-31-27-40(28-32-42)46-20-10-16-39-15-4-5-17-45(39)46)43-33-29-41(30-34-43)48-21-11-22-51-49-18-6-8-25-55(49)60-57(48)51/h1-37H. The van der Waals surface area contributed by atoms with Gasteiger partial charge in [-0.05, 0) is 92.7 Å². The number of benzene rings is 10. The molecule has 0 saturated carbocycles. The van der Waals surface area contributed by atoms with Gasteiger partial charge < -0.3 is 13.7 Å². The summed E-state index contributed by atoms with van der Waals surface area (Å²) in [5.41, 5.74) is 15.7. The van der Waals surface area contributed by atoms with Gasteiger partial charge in [-0.1, -0.05) is 176 Å². The Labute approximate surface area is 353 Å². The topological polar surface area (TPSA) is 29.5 Å². The lowest BCUT2D eigenvalue weighted by Crippen LogP contribution is -2.10. The van der Waals surface area contributed by atoms with Crippen LogP contribution in [-0.4, -0.2) is 0 Å². The molecule has 2 heterocycles. The normalized spacial score (nSPS) is 11.6. The van der Waals surface area contributed by atoms with Crippen LogP contribution in [0.3, 0.4) is 0 Å². The van der Waals surface area contributed by atoms with Crippen molar-refractivity contribution >= 4 is 71.7 Å². The summed E-state index contributed by atoms with van der Waals surface area (Å²) >= 11 is 0. The molecule has 0 amide bonds. The fourth-order valence-corrected chi connectivity index (χ4v) is 9.20. The third kappa shape index (κ3) is 5.90. The lowest BCUT2D eigenvalue weighted by Gasteiger charge is -2.27. The molecule has 12 rings (SSSR count). The fourth-order valence-electron chi connectivity index (χ4n) is 9.20. The summed E-state index contributed by atoms with van der Waals surface area (Å²) in [4.78, 5) is 2.36. The quantitative estimate of drug-likeness (QED) is 0.161. The van der Waals surface area contributed by atoms with E-state index in [4.69, 9.17) is 8.83 Å². The van der Waals surface area contributed by atoms with Gasteiger partial charge in [0.25, 0.3) is 0 Å². The Bertz CT molecular complexity index is 3570. The Morgan fingerprint density at radius 3 is 1.39 bits per heavy atom. The van der Waals surface area contributed by atoms with E-state index in [0.29, 0.717) is 0 Å². The van der Waals surface area contributed by atoms with Gasteiger partial charge in [0.2, 0.25) is 0 Å². The van der Waals surface area contributed by atoms with Crippen LogP contribution in [0.15, 0.2) is 233 Å². The van der Waals surface area contributed by atoms with Crippen molar-refractivity contribution in [2.45, 2.75) is 0 Å². The molecule has 10 aromatic carbocycles. The number of anilines is 3. The average molecular weight is 780 g/mol. The molecule has 2 aromatic heterocycles. The molecule has 0 fully saturated rings. The summed E-state index contributed by atoms with van der Waals surface area (Å²) in [5, 5.41) is 6.94. The van der Waals surface area contributed by atoms with Gasteiger partial charge in [0.1, 0.15) is 22.3 Å². The number of hydrogen-bond acceptors (Lipinski definition) is 3. The highest BCUT2D eigenvalue weighted by Crippen LogP contribution is 2.45. The predicted octanol–water partition coefficient (Wildman–Crippen LogP) is 16.8. The first-order valence-corrected chi connectivity index (χ1v) is 20.7. The van der Waals surface area contributed by atoms with E-state index in [0.717, 1.165) is 94.3 Å². The number of hydrogen-bond donors (Lipinski definition) is 0. The number of nitrogens with zero attached hydrogens (tertiary/aromatic N) is 1. The van der Waals surface area contributed by atoms with Crippen molar-refractivity contribution in [3.05, 3.63) is 224 Å². The number of fused-ring (bicyclic) bond motifs is 7. The van der Waals surface area contributed by atoms with Gasteiger partial charge in [0.15, 0.2) is 0 Å². The van der Waals surface area contributed by atoms with Gasteiger partial charge in [-0.15, -0.1) is 0 Å². The Kier molecular flexibility index (Phi) is 8.17. The molecule has 3 heteroatoms. The van der Waals surface area contributed by atoms with Gasteiger partial charge in [-0.25, -0.2) is 0 Å². The SMILES string of the molecule is c1ccc(-c2ccc(N(c3ccc(-c4cccc5ccccc45)cc3)c3ccc(-c4cccc5c4oc4ccccc45)cc3)cc2-c2cccc3c2oc2ccccc23)cc1. The minimum Gasteiger partial charge on any atom is -0.455 e. The minimum atomic E-state index is 0.883. The molecule has 0 N–H and O–H groups in total. The van der Waals surface area contributed by atoms with Crippen molar-refractivity contribution in [2.24, 2.45) is 0 Å². The molecule has 0 aliphatic rings. The molecular weight excluding hydrogens is 743 g/mol. The van der Waals surface area contributed by atoms with Crippen molar-refractivity contribution in [1.82, 2.24) is 0 Å². The van der Waals surface area contributed by atoms with Gasteiger partial charge in [-0.2, -0.15) is 0 Å². The summed E-state index contributed by atoms with van der Waals surface area (Å²) in [6.07, 6.45) is 0. The molecular formula is C58H37NO2. The summed E-state index contributed by atoms with van der Waals surface area (Å²) in [6, 6.07) is 79.9. The molecule has 3 nitrogen and oxygen atoms in total. The largest absolute Gasteiger partial charge is 0.455 e. The number of para-hydroxylation sites is 4. The van der Waals surface area contributed by atoms with Crippen molar-refractivity contribution in [3.8, 4) is 44.5 Å². The van der Waals surface area contributed by atoms with Crippen molar-refractivity contribution in [3.63, 3.8) is 0 Å². The van der Waals surface area contributed by atoms with E-state index >= 15 is 0 Å². The third-order valence-corrected chi connectivity index (χ3v) is 12.1. The molecule has 286 valence electrons. The Morgan fingerprint density at radius 2 is 0.721 bits per heavy atom. The highest BCUT2D eigenvalue weighted by atomic mass is 16.3. The van der Waals surface area contributed by atoms with Crippen LogP contribution in [0.25, 0.3) is 99.2 Å². The van der Waals surface area contributed by atoms with Crippen LogP contribution >= 0.6 is 0 Å². The Morgan fingerprint density at radius 1 is 0.262 bits per heavy atom. The van der Waals surface area contributed by atoms with Crippen LogP contribution in [-0.2, 0) is 0 Å². The van der Waals surface area contributed by atoms with E-state index in [2.05, 4.69) is 211 Å². The van der Waals surface area contributed by atoms with Crippen LogP contribution in [0.4, 0.5) is 17.1 Å². The van der Waals surface area contributed by atoms with E-state index < -0.39 is 0 Å². The molecule has 0 spiro atoms. The van der Waals surface area contributed by atoms with E-state index in [1.165, 1.54) is 21.9 Å². The first-order chi connectivity index (χ1) is 30.2. The maximum Gasteiger partial charge on any atom is 0.143 e. The van der Waals surface area contributed by atoms with Crippen molar-refractivity contribution in [2.75, 3.05) is 4.90 Å². The van der Waals surface area contributed by atoms with Crippen LogP contribution in [0, 0.1) is 0 Å². The summed E-state index contributed by atoms with van der Waals surface area (Å²) in [7, 11) is 0. The Hall–Kier alpha value is -8.14. The van der Waals surface area contributed by atoms with Gasteiger partial charge >= 0.3 is 0 Å². The molecule has 0 atom stereocenters. The highest BCUT2D eigenvalue weighted by molar-refractivity contribution is 6.11. The first-order valence-electron chi connectivity index (χ1n) is 20.7. The maximum absolute atomic E-state index is 6.67. The predicted molar refractivity (Wildman–Crippen MR) is 255 cm³/mol. The van der Waals surface area contributed by atoms with Gasteiger partial charge in [-0.3, -0.25) is 0 Å². The zero-order valence-electron chi connectivity index (χ0n) is 33.1. The van der Waals surface area contributed by atoms with Gasteiger partial charge in [0, 0.05) is 49.7 Å². The lowest BCUT2D eigenvalue weighted by atomic mass is 9.92. The zero-order valence-corrected chi connectivity index (χ0v) is 33.1. The van der Waals surface area contributed by atoms with E-state index in [1.807, 2.05) is 18.2 Å². The molecule has 0 unspecified atom stereocenters. The fraction of sp³-hybridized carbons (Fsp3) is 0. The van der Waals surface area contributed by atoms with Crippen LogP contribution < -0.4 is 4.90 Å². The highest BCUT2D eigenvalue weighted by Gasteiger charge is 2.21. The summed E-state index contributed by atoms with van der Waals surface area (Å²) in [5.74, 6) is 0. The maximum atomic E-state index is 6.67. The van der Waals surface area contributed by atoms with Crippen LogP contribution in [0.5, 0.6) is 0 Å². The summed E-state index contributed by atoms with van der Waals surface area (Å²) in [6.45, 7) is 0. The lowest BCUT2D eigenvalue weighted by molar-refractivity contribution is 0.669. The van der Waals surface area contributed by atoms with E-state index in [9.17, 15) is 0 Å². The Balaban J connectivity index is 1.04. The molecule has 12 aromatic rings. The van der Waals surface area contributed by atoms with Crippen LogP contribution in [0.1, 0.15) is 0 Å². The zero-order chi connectivity index (χ0) is 40.3. The molecule has 0 radical (unpaired) electrons. The molecule has 61 heavy (non-hydrogen) atoms. The second-order valence-corrected chi connectivity index (χ2v) is 15.6. The van der Waals surface area contributed by atoms with E-state index in [-0.39, 0.29) is 0 Å². The average Bonchev–Trinajstić information content (AvgIpc) is 3.91.